The summed E-state index contributed by atoms with van der Waals surface area (Å²) in [7, 11) is 0. The van der Waals surface area contributed by atoms with Gasteiger partial charge in [0.15, 0.2) is 11.4 Å². The molecule has 0 aliphatic carbocycles. The Morgan fingerprint density at radius 1 is 1.44 bits per heavy atom. The van der Waals surface area contributed by atoms with E-state index in [9.17, 15) is 4.39 Å². The summed E-state index contributed by atoms with van der Waals surface area (Å²) in [6.45, 7) is 4.14. The Hall–Kier alpha value is -1.35. The lowest BCUT2D eigenvalue weighted by Crippen LogP contribution is -2.17. The van der Waals surface area contributed by atoms with Crippen molar-refractivity contribution in [2.45, 2.75) is 26.3 Å². The highest BCUT2D eigenvalue weighted by molar-refractivity contribution is 5.78. The third-order valence-corrected chi connectivity index (χ3v) is 3.10. The molecule has 3 heteroatoms. The summed E-state index contributed by atoms with van der Waals surface area (Å²) >= 11 is 0. The van der Waals surface area contributed by atoms with Gasteiger partial charge in [0, 0.05) is 5.39 Å². The first-order valence-corrected chi connectivity index (χ1v) is 5.57. The normalized spacial score (nSPS) is 15.2. The van der Waals surface area contributed by atoms with E-state index in [1.165, 1.54) is 6.07 Å². The SMILES string of the molecule is CCC(C)[C@@H](N)c1cc2cccc(F)c2o1. The molecule has 2 N–H and O–H groups in total. The van der Waals surface area contributed by atoms with Crippen molar-refractivity contribution >= 4 is 11.0 Å². The average molecular weight is 221 g/mol. The number of hydrogen-bond donors (Lipinski definition) is 1. The van der Waals surface area contributed by atoms with Crippen LogP contribution in [0, 0.1) is 11.7 Å². The Morgan fingerprint density at radius 3 is 2.81 bits per heavy atom. The average Bonchev–Trinajstić information content (AvgIpc) is 2.72. The molecule has 0 spiro atoms. The van der Waals surface area contributed by atoms with Gasteiger partial charge in [-0.1, -0.05) is 32.4 Å². The molecule has 0 aliphatic heterocycles. The fourth-order valence-electron chi connectivity index (χ4n) is 1.75. The Balaban J connectivity index is 2.43. The lowest BCUT2D eigenvalue weighted by molar-refractivity contribution is 0.384. The first-order chi connectivity index (χ1) is 7.63. The zero-order valence-electron chi connectivity index (χ0n) is 9.53. The first-order valence-electron chi connectivity index (χ1n) is 5.57. The predicted octanol–water partition coefficient (Wildman–Crippen LogP) is 3.62. The zero-order valence-corrected chi connectivity index (χ0v) is 9.53. The van der Waals surface area contributed by atoms with Crippen molar-refractivity contribution in [3.8, 4) is 0 Å². The van der Waals surface area contributed by atoms with Gasteiger partial charge in [-0.2, -0.15) is 0 Å². The van der Waals surface area contributed by atoms with Crippen molar-refractivity contribution in [1.82, 2.24) is 0 Å². The molecule has 86 valence electrons. The zero-order chi connectivity index (χ0) is 11.7. The molecule has 1 heterocycles. The molecule has 0 bridgehead atoms. The van der Waals surface area contributed by atoms with Gasteiger partial charge in [-0.15, -0.1) is 0 Å². The minimum atomic E-state index is -0.333. The minimum Gasteiger partial charge on any atom is -0.456 e. The quantitative estimate of drug-likeness (QED) is 0.859. The van der Waals surface area contributed by atoms with Crippen LogP contribution in [0.5, 0.6) is 0 Å². The molecule has 0 amide bonds. The summed E-state index contributed by atoms with van der Waals surface area (Å²) in [5.74, 6) is 0.651. The van der Waals surface area contributed by atoms with E-state index < -0.39 is 0 Å². The smallest absolute Gasteiger partial charge is 0.169 e. The standard InChI is InChI=1S/C13H16FNO/c1-3-8(2)12(15)11-7-9-5-4-6-10(14)13(9)16-11/h4-8,12H,3,15H2,1-2H3/t8?,12-/m1/s1. The fraction of sp³-hybridized carbons (Fsp3) is 0.385. The Labute approximate surface area is 94.2 Å². The van der Waals surface area contributed by atoms with Crippen LogP contribution in [-0.4, -0.2) is 0 Å². The van der Waals surface area contributed by atoms with Crippen molar-refractivity contribution in [2.75, 3.05) is 0 Å². The van der Waals surface area contributed by atoms with Crippen LogP contribution in [-0.2, 0) is 0 Å². The van der Waals surface area contributed by atoms with Crippen LogP contribution in [0.3, 0.4) is 0 Å². The molecule has 0 fully saturated rings. The maximum Gasteiger partial charge on any atom is 0.169 e. The van der Waals surface area contributed by atoms with Crippen LogP contribution in [0.1, 0.15) is 32.1 Å². The van der Waals surface area contributed by atoms with Crippen molar-refractivity contribution in [3.63, 3.8) is 0 Å². The molecule has 16 heavy (non-hydrogen) atoms. The summed E-state index contributed by atoms with van der Waals surface area (Å²) in [6, 6.07) is 6.55. The van der Waals surface area contributed by atoms with Gasteiger partial charge in [-0.25, -0.2) is 4.39 Å². The maximum absolute atomic E-state index is 13.4. The van der Waals surface area contributed by atoms with Gasteiger partial charge in [-0.3, -0.25) is 0 Å². The number of benzene rings is 1. The van der Waals surface area contributed by atoms with Crippen molar-refractivity contribution in [2.24, 2.45) is 11.7 Å². The number of para-hydroxylation sites is 1. The van der Waals surface area contributed by atoms with Crippen LogP contribution in [0.2, 0.25) is 0 Å². The molecule has 2 nitrogen and oxygen atoms in total. The maximum atomic E-state index is 13.4. The number of furan rings is 1. The van der Waals surface area contributed by atoms with E-state index >= 15 is 0 Å². The van der Waals surface area contributed by atoms with E-state index in [1.54, 1.807) is 6.07 Å². The summed E-state index contributed by atoms with van der Waals surface area (Å²) < 4.78 is 18.9. The third-order valence-electron chi connectivity index (χ3n) is 3.10. The van der Waals surface area contributed by atoms with Crippen LogP contribution >= 0.6 is 0 Å². The highest BCUT2D eigenvalue weighted by Gasteiger charge is 2.18. The number of nitrogens with two attached hydrogens (primary N) is 1. The van der Waals surface area contributed by atoms with E-state index in [2.05, 4.69) is 13.8 Å². The molecule has 0 saturated heterocycles. The number of halogens is 1. The van der Waals surface area contributed by atoms with Gasteiger partial charge in [0.2, 0.25) is 0 Å². The fourth-order valence-corrected chi connectivity index (χ4v) is 1.75. The molecule has 2 rings (SSSR count). The summed E-state index contributed by atoms with van der Waals surface area (Å²) in [5.41, 5.74) is 6.35. The third kappa shape index (κ3) is 1.83. The summed E-state index contributed by atoms with van der Waals surface area (Å²) in [4.78, 5) is 0. The van der Waals surface area contributed by atoms with Gasteiger partial charge in [-0.05, 0) is 18.1 Å². The Bertz CT molecular complexity index is 492. The second-order valence-corrected chi connectivity index (χ2v) is 4.22. The van der Waals surface area contributed by atoms with Gasteiger partial charge in [0.25, 0.3) is 0 Å². The van der Waals surface area contributed by atoms with E-state index in [0.29, 0.717) is 17.3 Å². The summed E-state index contributed by atoms with van der Waals surface area (Å²) in [5, 5.41) is 0.772. The van der Waals surface area contributed by atoms with E-state index in [-0.39, 0.29) is 11.9 Å². The van der Waals surface area contributed by atoms with Gasteiger partial charge < -0.3 is 10.2 Å². The van der Waals surface area contributed by atoms with E-state index in [1.807, 2.05) is 12.1 Å². The monoisotopic (exact) mass is 221 g/mol. The molecule has 0 aliphatic rings. The topological polar surface area (TPSA) is 39.2 Å². The largest absolute Gasteiger partial charge is 0.456 e. The number of rotatable bonds is 3. The molecular formula is C13H16FNO. The summed E-state index contributed by atoms with van der Waals surface area (Å²) in [6.07, 6.45) is 0.973. The molecule has 1 aromatic carbocycles. The number of fused-ring (bicyclic) bond motifs is 1. The lowest BCUT2D eigenvalue weighted by atomic mass is 9.98. The van der Waals surface area contributed by atoms with Crippen LogP contribution in [0.15, 0.2) is 28.7 Å². The van der Waals surface area contributed by atoms with Crippen LogP contribution in [0.25, 0.3) is 11.0 Å². The molecule has 1 aromatic heterocycles. The van der Waals surface area contributed by atoms with Gasteiger partial charge in [0.1, 0.15) is 5.76 Å². The Morgan fingerprint density at radius 2 is 2.19 bits per heavy atom. The second kappa shape index (κ2) is 4.26. The molecular weight excluding hydrogens is 205 g/mol. The second-order valence-electron chi connectivity index (χ2n) is 4.22. The molecule has 0 radical (unpaired) electrons. The van der Waals surface area contributed by atoms with Gasteiger partial charge >= 0.3 is 0 Å². The van der Waals surface area contributed by atoms with E-state index in [0.717, 1.165) is 11.8 Å². The molecule has 2 atom stereocenters. The highest BCUT2D eigenvalue weighted by atomic mass is 19.1. The van der Waals surface area contributed by atoms with Gasteiger partial charge in [0.05, 0.1) is 6.04 Å². The van der Waals surface area contributed by atoms with Crippen molar-refractivity contribution in [3.05, 3.63) is 35.8 Å². The first kappa shape index (κ1) is 11.1. The van der Waals surface area contributed by atoms with Crippen molar-refractivity contribution in [1.29, 1.82) is 0 Å². The molecule has 2 aromatic rings. The van der Waals surface area contributed by atoms with Crippen molar-refractivity contribution < 1.29 is 8.81 Å². The van der Waals surface area contributed by atoms with E-state index in [4.69, 9.17) is 10.2 Å². The minimum absolute atomic E-state index is 0.170. The number of hydrogen-bond acceptors (Lipinski definition) is 2. The van der Waals surface area contributed by atoms with Crippen LogP contribution < -0.4 is 5.73 Å². The lowest BCUT2D eigenvalue weighted by Gasteiger charge is -2.15. The highest BCUT2D eigenvalue weighted by Crippen LogP contribution is 2.29. The Kier molecular flexibility index (Phi) is 2.97. The molecule has 1 unspecified atom stereocenters. The van der Waals surface area contributed by atoms with Crippen LogP contribution in [0.4, 0.5) is 4.39 Å². The predicted molar refractivity (Wildman–Crippen MR) is 62.6 cm³/mol. The molecule has 0 saturated carbocycles.